The average molecular weight is 423 g/mol. The van der Waals surface area contributed by atoms with E-state index < -0.39 is 0 Å². The van der Waals surface area contributed by atoms with Crippen molar-refractivity contribution < 1.29 is 9.90 Å². The molecular formula is C25H34N4O2. The number of para-hydroxylation sites is 1. The van der Waals surface area contributed by atoms with Gasteiger partial charge in [0.2, 0.25) is 5.91 Å². The van der Waals surface area contributed by atoms with E-state index in [4.69, 9.17) is 0 Å². The Hall–Kier alpha value is -2.44. The molecule has 2 atom stereocenters. The summed E-state index contributed by atoms with van der Waals surface area (Å²) in [6.45, 7) is 6.97. The number of aromatic nitrogens is 1. The van der Waals surface area contributed by atoms with E-state index in [1.807, 2.05) is 24.0 Å². The molecule has 0 radical (unpaired) electrons. The minimum atomic E-state index is -0.00148. The molecule has 6 nitrogen and oxygen atoms in total. The van der Waals surface area contributed by atoms with Crippen molar-refractivity contribution in [3.05, 3.63) is 53.9 Å². The zero-order chi connectivity index (χ0) is 21.8. The second kappa shape index (κ2) is 9.79. The number of carbonyl (C=O) groups excluding carboxylic acids is 1. The fourth-order valence-corrected chi connectivity index (χ4v) is 4.64. The van der Waals surface area contributed by atoms with Crippen LogP contribution in [0.15, 0.2) is 42.6 Å². The number of carbonyl (C=O) groups is 1. The maximum Gasteiger partial charge on any atom is 0.230 e. The van der Waals surface area contributed by atoms with Gasteiger partial charge in [-0.1, -0.05) is 25.1 Å². The summed E-state index contributed by atoms with van der Waals surface area (Å²) in [4.78, 5) is 24.6. The second-order valence-electron chi connectivity index (χ2n) is 8.98. The number of pyridine rings is 1. The number of hydrogen-bond donors (Lipinski definition) is 1. The number of benzene rings is 1. The Balaban J connectivity index is 1.48. The largest absolute Gasteiger partial charge is 0.396 e. The number of hydrogen-bond acceptors (Lipinski definition) is 5. The highest BCUT2D eigenvalue weighted by Crippen LogP contribution is 2.30. The van der Waals surface area contributed by atoms with Gasteiger partial charge in [0.1, 0.15) is 0 Å². The molecule has 0 bridgehead atoms. The fraction of sp³-hybridized carbons (Fsp3) is 0.520. The molecule has 6 heteroatoms. The lowest BCUT2D eigenvalue weighted by atomic mass is 9.89. The topological polar surface area (TPSA) is 59.9 Å². The summed E-state index contributed by atoms with van der Waals surface area (Å²) >= 11 is 0. The first kappa shape index (κ1) is 21.8. The quantitative estimate of drug-likeness (QED) is 0.776. The van der Waals surface area contributed by atoms with E-state index in [1.165, 1.54) is 11.3 Å². The third-order valence-electron chi connectivity index (χ3n) is 6.71. The first-order chi connectivity index (χ1) is 15.1. The van der Waals surface area contributed by atoms with Gasteiger partial charge in [-0.25, -0.2) is 0 Å². The van der Waals surface area contributed by atoms with Gasteiger partial charge in [-0.2, -0.15) is 0 Å². The lowest BCUT2D eigenvalue weighted by molar-refractivity contribution is -0.123. The van der Waals surface area contributed by atoms with E-state index in [9.17, 15) is 9.90 Å². The van der Waals surface area contributed by atoms with Crippen LogP contribution in [0.3, 0.4) is 0 Å². The van der Waals surface area contributed by atoms with Gasteiger partial charge in [-0.15, -0.1) is 0 Å². The summed E-state index contributed by atoms with van der Waals surface area (Å²) in [5, 5.41) is 9.34. The van der Waals surface area contributed by atoms with E-state index in [1.54, 1.807) is 6.20 Å². The van der Waals surface area contributed by atoms with Gasteiger partial charge < -0.3 is 19.8 Å². The van der Waals surface area contributed by atoms with Crippen LogP contribution < -0.4 is 9.80 Å². The molecule has 2 aliphatic rings. The summed E-state index contributed by atoms with van der Waals surface area (Å²) in [7, 11) is 2.17. The molecule has 0 saturated carbocycles. The lowest BCUT2D eigenvalue weighted by Gasteiger charge is -2.36. The number of piperazine rings is 1. The number of nitrogens with zero attached hydrogens (tertiary/aromatic N) is 4. The van der Waals surface area contributed by atoms with Crippen LogP contribution in [0.4, 0.5) is 11.4 Å². The van der Waals surface area contributed by atoms with Crippen LogP contribution in [0.5, 0.6) is 0 Å². The van der Waals surface area contributed by atoms with Crippen molar-refractivity contribution in [3.63, 3.8) is 0 Å². The Kier molecular flexibility index (Phi) is 6.88. The van der Waals surface area contributed by atoms with Crippen LogP contribution in [0, 0.1) is 5.92 Å². The standard InChI is InChI=1S/C25H34N4O2/c1-19(18-30)23-10-9-22(17-26-23)29-11-5-7-21(25(29)31)16-20-6-3-4-8-24(20)28-14-12-27(2)13-15-28/h3-4,6,8-10,17,19,21,30H,5,7,11-16,18H2,1-2H3/t19?,21-/m1/s1. The normalized spacial score (nSPS) is 21.4. The number of aliphatic hydroxyl groups excluding tert-OH is 1. The fourth-order valence-electron chi connectivity index (χ4n) is 4.64. The molecule has 0 spiro atoms. The molecule has 1 aromatic heterocycles. The molecule has 1 aromatic carbocycles. The van der Waals surface area contributed by atoms with E-state index in [2.05, 4.69) is 46.1 Å². The monoisotopic (exact) mass is 422 g/mol. The highest BCUT2D eigenvalue weighted by atomic mass is 16.3. The molecule has 166 valence electrons. The number of aliphatic hydroxyl groups is 1. The molecule has 2 saturated heterocycles. The minimum Gasteiger partial charge on any atom is -0.396 e. The van der Waals surface area contributed by atoms with Crippen LogP contribution in [0.2, 0.25) is 0 Å². The number of amides is 1. The molecule has 1 N–H and O–H groups in total. The summed E-state index contributed by atoms with van der Waals surface area (Å²) in [6.07, 6.45) is 4.49. The molecule has 1 amide bonds. The SMILES string of the molecule is CC(CO)c1ccc(N2CCC[C@H](Cc3ccccc3N3CCN(C)CC3)C2=O)cn1. The molecule has 3 heterocycles. The first-order valence-electron chi connectivity index (χ1n) is 11.5. The Morgan fingerprint density at radius 1 is 1.10 bits per heavy atom. The van der Waals surface area contributed by atoms with Gasteiger partial charge in [-0.3, -0.25) is 9.78 Å². The summed E-state index contributed by atoms with van der Waals surface area (Å²) in [6, 6.07) is 12.5. The van der Waals surface area contributed by atoms with Crippen molar-refractivity contribution in [2.45, 2.75) is 32.1 Å². The van der Waals surface area contributed by atoms with E-state index in [0.29, 0.717) is 0 Å². The van der Waals surface area contributed by atoms with Crippen LogP contribution in [-0.4, -0.2) is 67.3 Å². The van der Waals surface area contributed by atoms with Crippen molar-refractivity contribution in [3.8, 4) is 0 Å². The number of piperidine rings is 1. The Labute approximate surface area is 185 Å². The van der Waals surface area contributed by atoms with Gasteiger partial charge in [0.25, 0.3) is 0 Å². The number of anilines is 2. The van der Waals surface area contributed by atoms with Crippen molar-refractivity contribution in [1.29, 1.82) is 0 Å². The molecule has 2 aromatic rings. The number of likely N-dealkylation sites (N-methyl/N-ethyl adjacent to an activating group) is 1. The van der Waals surface area contributed by atoms with Crippen molar-refractivity contribution >= 4 is 17.3 Å². The Bertz CT molecular complexity index is 877. The summed E-state index contributed by atoms with van der Waals surface area (Å²) in [5.74, 6) is 0.201. The molecule has 0 aliphatic carbocycles. The maximum atomic E-state index is 13.4. The molecule has 2 fully saturated rings. The molecule has 4 rings (SSSR count). The van der Waals surface area contributed by atoms with Crippen molar-refractivity contribution in [2.75, 3.05) is 56.2 Å². The van der Waals surface area contributed by atoms with Gasteiger partial charge in [0.15, 0.2) is 0 Å². The van der Waals surface area contributed by atoms with Gasteiger partial charge >= 0.3 is 0 Å². The molecule has 2 aliphatic heterocycles. The zero-order valence-corrected chi connectivity index (χ0v) is 18.7. The van der Waals surface area contributed by atoms with E-state index in [0.717, 1.165) is 63.4 Å². The Morgan fingerprint density at radius 3 is 2.58 bits per heavy atom. The number of rotatable bonds is 6. The summed E-state index contributed by atoms with van der Waals surface area (Å²) in [5.41, 5.74) is 4.27. The first-order valence-corrected chi connectivity index (χ1v) is 11.5. The van der Waals surface area contributed by atoms with Crippen LogP contribution >= 0.6 is 0 Å². The molecule has 1 unspecified atom stereocenters. The third-order valence-corrected chi connectivity index (χ3v) is 6.71. The lowest BCUT2D eigenvalue weighted by Crippen LogP contribution is -2.45. The van der Waals surface area contributed by atoms with E-state index in [-0.39, 0.29) is 24.3 Å². The average Bonchev–Trinajstić information content (AvgIpc) is 2.81. The smallest absolute Gasteiger partial charge is 0.230 e. The predicted octanol–water partition coefficient (Wildman–Crippen LogP) is 2.91. The predicted molar refractivity (Wildman–Crippen MR) is 125 cm³/mol. The van der Waals surface area contributed by atoms with Gasteiger partial charge in [0, 0.05) is 55.9 Å². The Morgan fingerprint density at radius 2 is 1.87 bits per heavy atom. The third kappa shape index (κ3) is 4.91. The molecule has 31 heavy (non-hydrogen) atoms. The maximum absolute atomic E-state index is 13.4. The van der Waals surface area contributed by atoms with Crippen LogP contribution in [-0.2, 0) is 11.2 Å². The van der Waals surface area contributed by atoms with Crippen LogP contribution in [0.1, 0.15) is 36.9 Å². The highest BCUT2D eigenvalue weighted by Gasteiger charge is 2.31. The van der Waals surface area contributed by atoms with E-state index >= 15 is 0 Å². The molecular weight excluding hydrogens is 388 g/mol. The zero-order valence-electron chi connectivity index (χ0n) is 18.7. The van der Waals surface area contributed by atoms with Gasteiger partial charge in [0.05, 0.1) is 18.5 Å². The minimum absolute atomic E-state index is 0.00148. The van der Waals surface area contributed by atoms with Crippen molar-refractivity contribution in [1.82, 2.24) is 9.88 Å². The summed E-state index contributed by atoms with van der Waals surface area (Å²) < 4.78 is 0. The highest BCUT2D eigenvalue weighted by molar-refractivity contribution is 5.95. The van der Waals surface area contributed by atoms with Crippen LogP contribution in [0.25, 0.3) is 0 Å². The second-order valence-corrected chi connectivity index (χ2v) is 8.98. The van der Waals surface area contributed by atoms with Crippen molar-refractivity contribution in [2.24, 2.45) is 5.92 Å². The van der Waals surface area contributed by atoms with Gasteiger partial charge in [-0.05, 0) is 50.1 Å².